The summed E-state index contributed by atoms with van der Waals surface area (Å²) in [6, 6.07) is 9.89. The summed E-state index contributed by atoms with van der Waals surface area (Å²) in [7, 11) is 0. The molecule has 1 aromatic rings. The molecule has 0 saturated heterocycles. The van der Waals surface area contributed by atoms with Crippen LogP contribution in [0.1, 0.15) is 57.9 Å². The molecule has 0 heterocycles. The third-order valence-electron chi connectivity index (χ3n) is 5.66. The number of ketones is 1. The number of carbonyl (C=O) groups is 2. The van der Waals surface area contributed by atoms with Crippen molar-refractivity contribution >= 4 is 11.7 Å². The maximum absolute atomic E-state index is 13.0. The van der Waals surface area contributed by atoms with Crippen LogP contribution in [-0.4, -0.2) is 23.3 Å². The third kappa shape index (κ3) is 3.95. The Morgan fingerprint density at radius 2 is 2.04 bits per heavy atom. The van der Waals surface area contributed by atoms with Crippen molar-refractivity contribution in [1.29, 1.82) is 0 Å². The number of amides is 1. The standard InChI is InChI=1S/C21H29NO3/c1-15(2)13-18(25-14-16-7-4-3-5-8-16)20(24)22-21-12-6-9-17(21)10-11-19(21)23/h3-5,7-8,15,17-18H,6,9-14H2,1-2H3,(H,22,24). The highest BCUT2D eigenvalue weighted by Crippen LogP contribution is 2.45. The van der Waals surface area contributed by atoms with Gasteiger partial charge in [0.15, 0.2) is 5.78 Å². The number of rotatable bonds is 7. The Bertz CT molecular complexity index is 613. The fraction of sp³-hybridized carbons (Fsp3) is 0.619. The van der Waals surface area contributed by atoms with Crippen LogP contribution in [0.4, 0.5) is 0 Å². The van der Waals surface area contributed by atoms with Gasteiger partial charge in [-0.25, -0.2) is 0 Å². The summed E-state index contributed by atoms with van der Waals surface area (Å²) in [4.78, 5) is 25.4. The van der Waals surface area contributed by atoms with Crippen LogP contribution in [0.15, 0.2) is 30.3 Å². The second-order valence-corrected chi connectivity index (χ2v) is 7.93. The van der Waals surface area contributed by atoms with E-state index in [4.69, 9.17) is 4.74 Å². The van der Waals surface area contributed by atoms with E-state index in [1.165, 1.54) is 0 Å². The molecule has 136 valence electrons. The fourth-order valence-electron chi connectivity index (χ4n) is 4.35. The van der Waals surface area contributed by atoms with Gasteiger partial charge in [0.05, 0.1) is 6.61 Å². The molecule has 2 saturated carbocycles. The highest BCUT2D eigenvalue weighted by atomic mass is 16.5. The Kier molecular flexibility index (Phi) is 5.57. The Balaban J connectivity index is 1.67. The van der Waals surface area contributed by atoms with Gasteiger partial charge < -0.3 is 10.1 Å². The maximum Gasteiger partial charge on any atom is 0.249 e. The first-order valence-electron chi connectivity index (χ1n) is 9.52. The topological polar surface area (TPSA) is 55.4 Å². The lowest BCUT2D eigenvalue weighted by atomic mass is 9.89. The summed E-state index contributed by atoms with van der Waals surface area (Å²) in [5.74, 6) is 0.766. The van der Waals surface area contributed by atoms with E-state index in [9.17, 15) is 9.59 Å². The number of ether oxygens (including phenoxy) is 1. The predicted molar refractivity (Wildman–Crippen MR) is 96.9 cm³/mol. The first kappa shape index (κ1) is 18.1. The molecule has 3 rings (SSSR count). The van der Waals surface area contributed by atoms with Gasteiger partial charge in [0.2, 0.25) is 5.91 Å². The average Bonchev–Trinajstić information content (AvgIpc) is 3.12. The Morgan fingerprint density at radius 1 is 1.28 bits per heavy atom. The van der Waals surface area contributed by atoms with Crippen molar-refractivity contribution in [2.24, 2.45) is 11.8 Å². The molecule has 4 heteroatoms. The minimum Gasteiger partial charge on any atom is -0.364 e. The molecule has 25 heavy (non-hydrogen) atoms. The van der Waals surface area contributed by atoms with Crippen LogP contribution >= 0.6 is 0 Å². The van der Waals surface area contributed by atoms with Crippen LogP contribution in [0.5, 0.6) is 0 Å². The fourth-order valence-corrected chi connectivity index (χ4v) is 4.35. The van der Waals surface area contributed by atoms with Gasteiger partial charge in [-0.3, -0.25) is 9.59 Å². The van der Waals surface area contributed by atoms with Crippen molar-refractivity contribution in [2.45, 2.75) is 70.6 Å². The molecular weight excluding hydrogens is 314 g/mol. The quantitative estimate of drug-likeness (QED) is 0.822. The van der Waals surface area contributed by atoms with Crippen molar-refractivity contribution in [3.05, 3.63) is 35.9 Å². The Morgan fingerprint density at radius 3 is 2.76 bits per heavy atom. The molecular formula is C21H29NO3. The van der Waals surface area contributed by atoms with Crippen molar-refractivity contribution < 1.29 is 14.3 Å². The number of carbonyl (C=O) groups excluding carboxylic acids is 2. The summed E-state index contributed by atoms with van der Waals surface area (Å²) >= 11 is 0. The second kappa shape index (κ2) is 7.69. The molecule has 0 radical (unpaired) electrons. The number of Topliss-reactive ketones (excluding diaryl/α,β-unsaturated/α-hetero) is 1. The van der Waals surface area contributed by atoms with E-state index in [2.05, 4.69) is 19.2 Å². The average molecular weight is 343 g/mol. The highest BCUT2D eigenvalue weighted by molar-refractivity contribution is 5.96. The van der Waals surface area contributed by atoms with Gasteiger partial charge in [0.1, 0.15) is 11.6 Å². The molecule has 0 aromatic heterocycles. The summed E-state index contributed by atoms with van der Waals surface area (Å²) in [5.41, 5.74) is 0.445. The summed E-state index contributed by atoms with van der Waals surface area (Å²) in [5, 5.41) is 3.13. The van der Waals surface area contributed by atoms with Crippen molar-refractivity contribution in [1.82, 2.24) is 5.32 Å². The van der Waals surface area contributed by atoms with Gasteiger partial charge in [0, 0.05) is 6.42 Å². The van der Waals surface area contributed by atoms with Gasteiger partial charge in [-0.2, -0.15) is 0 Å². The van der Waals surface area contributed by atoms with Gasteiger partial charge in [0.25, 0.3) is 0 Å². The van der Waals surface area contributed by atoms with Gasteiger partial charge in [-0.15, -0.1) is 0 Å². The zero-order valence-corrected chi connectivity index (χ0v) is 15.3. The normalized spacial score (nSPS) is 26.7. The van der Waals surface area contributed by atoms with E-state index in [0.717, 1.165) is 31.2 Å². The van der Waals surface area contributed by atoms with Crippen LogP contribution in [0.25, 0.3) is 0 Å². The van der Waals surface area contributed by atoms with Crippen LogP contribution in [0, 0.1) is 11.8 Å². The lowest BCUT2D eigenvalue weighted by molar-refractivity contribution is -0.140. The van der Waals surface area contributed by atoms with Gasteiger partial charge in [-0.05, 0) is 43.1 Å². The molecule has 2 fully saturated rings. The molecule has 0 bridgehead atoms. The van der Waals surface area contributed by atoms with E-state index in [1.54, 1.807) is 0 Å². The van der Waals surface area contributed by atoms with Crippen LogP contribution < -0.4 is 5.32 Å². The van der Waals surface area contributed by atoms with E-state index in [-0.39, 0.29) is 11.7 Å². The zero-order chi connectivity index (χ0) is 17.9. The summed E-state index contributed by atoms with van der Waals surface area (Å²) in [6.07, 6.45) is 4.53. The van der Waals surface area contributed by atoms with Crippen molar-refractivity contribution in [2.75, 3.05) is 0 Å². The molecule has 2 aliphatic rings. The van der Waals surface area contributed by atoms with Crippen LogP contribution in [0.3, 0.4) is 0 Å². The molecule has 1 N–H and O–H groups in total. The van der Waals surface area contributed by atoms with Gasteiger partial charge >= 0.3 is 0 Å². The first-order chi connectivity index (χ1) is 12.0. The predicted octanol–water partition coefficient (Wildman–Crippen LogP) is 3.64. The number of nitrogens with one attached hydrogen (secondary N) is 1. The van der Waals surface area contributed by atoms with Gasteiger partial charge in [-0.1, -0.05) is 50.6 Å². The van der Waals surface area contributed by atoms with E-state index >= 15 is 0 Å². The largest absolute Gasteiger partial charge is 0.364 e. The minimum atomic E-state index is -0.609. The molecule has 3 atom stereocenters. The van der Waals surface area contributed by atoms with E-state index in [1.807, 2.05) is 30.3 Å². The van der Waals surface area contributed by atoms with E-state index in [0.29, 0.717) is 31.3 Å². The lowest BCUT2D eigenvalue weighted by Gasteiger charge is -2.31. The Labute approximate surface area is 150 Å². The molecule has 3 unspecified atom stereocenters. The van der Waals surface area contributed by atoms with Crippen molar-refractivity contribution in [3.63, 3.8) is 0 Å². The summed E-state index contributed by atoms with van der Waals surface area (Å²) < 4.78 is 5.97. The number of hydrogen-bond donors (Lipinski definition) is 1. The Hall–Kier alpha value is -1.68. The molecule has 1 amide bonds. The van der Waals surface area contributed by atoms with E-state index < -0.39 is 11.6 Å². The molecule has 0 spiro atoms. The first-order valence-corrected chi connectivity index (χ1v) is 9.52. The molecule has 0 aliphatic heterocycles. The number of hydrogen-bond acceptors (Lipinski definition) is 3. The minimum absolute atomic E-state index is 0.119. The van der Waals surface area contributed by atoms with Crippen molar-refractivity contribution in [3.8, 4) is 0 Å². The summed E-state index contributed by atoms with van der Waals surface area (Å²) in [6.45, 7) is 4.59. The van der Waals surface area contributed by atoms with Crippen LogP contribution in [-0.2, 0) is 20.9 Å². The smallest absolute Gasteiger partial charge is 0.249 e. The highest BCUT2D eigenvalue weighted by Gasteiger charge is 2.53. The maximum atomic E-state index is 13.0. The zero-order valence-electron chi connectivity index (χ0n) is 15.3. The second-order valence-electron chi connectivity index (χ2n) is 7.93. The number of fused-ring (bicyclic) bond motifs is 1. The molecule has 1 aromatic carbocycles. The molecule has 2 aliphatic carbocycles. The third-order valence-corrected chi connectivity index (χ3v) is 5.66. The molecule has 4 nitrogen and oxygen atoms in total. The monoisotopic (exact) mass is 343 g/mol. The lowest BCUT2D eigenvalue weighted by Crippen LogP contribution is -2.56. The van der Waals surface area contributed by atoms with Crippen LogP contribution in [0.2, 0.25) is 0 Å². The number of benzene rings is 1. The SMILES string of the molecule is CC(C)CC(OCc1ccccc1)C(=O)NC12CCCC1CCC2=O.